The Kier molecular flexibility index (Phi) is 5.41. The van der Waals surface area contributed by atoms with E-state index in [1.54, 1.807) is 0 Å². The van der Waals surface area contributed by atoms with Gasteiger partial charge >= 0.3 is 0 Å². The van der Waals surface area contributed by atoms with Gasteiger partial charge in [0.25, 0.3) is 0 Å². The molecule has 0 saturated carbocycles. The van der Waals surface area contributed by atoms with Gasteiger partial charge in [0, 0.05) is 26.2 Å². The smallest absolute Gasteiger partial charge is 0.143 e. The van der Waals surface area contributed by atoms with Gasteiger partial charge in [0.15, 0.2) is 0 Å². The summed E-state index contributed by atoms with van der Waals surface area (Å²) >= 11 is 0. The highest BCUT2D eigenvalue weighted by Crippen LogP contribution is 2.33. The fourth-order valence-electron chi connectivity index (χ4n) is 3.02. The largest absolute Gasteiger partial charge is 0.484 e. The molecule has 23 heavy (non-hydrogen) atoms. The van der Waals surface area contributed by atoms with E-state index in [0.717, 1.165) is 70.3 Å². The Bertz CT molecular complexity index is 513. The zero-order valence-electron chi connectivity index (χ0n) is 14.4. The van der Waals surface area contributed by atoms with Crippen molar-refractivity contribution < 1.29 is 9.47 Å². The number of nitrogens with zero attached hydrogens (tertiary/aromatic N) is 1. The zero-order valence-corrected chi connectivity index (χ0v) is 14.4. The SMILES string of the molecule is CC1(C)CNc2cc(CCNCCN3CCOCC3)ccc2O1. The summed E-state index contributed by atoms with van der Waals surface area (Å²) in [6, 6.07) is 6.48. The van der Waals surface area contributed by atoms with Crippen molar-refractivity contribution in [2.24, 2.45) is 0 Å². The van der Waals surface area contributed by atoms with E-state index in [2.05, 4.69) is 47.6 Å². The number of rotatable bonds is 6. The van der Waals surface area contributed by atoms with Gasteiger partial charge in [-0.05, 0) is 44.5 Å². The molecule has 1 fully saturated rings. The molecule has 2 aliphatic rings. The Balaban J connectivity index is 1.39. The van der Waals surface area contributed by atoms with Crippen molar-refractivity contribution in [1.82, 2.24) is 10.2 Å². The Morgan fingerprint density at radius 3 is 2.87 bits per heavy atom. The van der Waals surface area contributed by atoms with Crippen LogP contribution in [0.25, 0.3) is 0 Å². The molecule has 0 spiro atoms. The molecule has 0 radical (unpaired) electrons. The summed E-state index contributed by atoms with van der Waals surface area (Å²) in [4.78, 5) is 2.46. The van der Waals surface area contributed by atoms with Crippen LogP contribution in [0.5, 0.6) is 5.75 Å². The molecule has 1 saturated heterocycles. The summed E-state index contributed by atoms with van der Waals surface area (Å²) in [6.45, 7) is 12.1. The Morgan fingerprint density at radius 1 is 1.22 bits per heavy atom. The van der Waals surface area contributed by atoms with Gasteiger partial charge in [-0.1, -0.05) is 6.07 Å². The first-order valence-electron chi connectivity index (χ1n) is 8.69. The molecule has 5 heteroatoms. The molecular weight excluding hydrogens is 290 g/mol. The first-order valence-corrected chi connectivity index (χ1v) is 8.69. The standard InChI is InChI=1S/C18H29N3O2/c1-18(2)14-20-16-13-15(3-4-17(16)23-18)5-6-19-7-8-21-9-11-22-12-10-21/h3-4,13,19-20H,5-12,14H2,1-2H3. The van der Waals surface area contributed by atoms with Crippen LogP contribution in [0.15, 0.2) is 18.2 Å². The molecule has 2 aliphatic heterocycles. The Labute approximate surface area is 139 Å². The van der Waals surface area contributed by atoms with Gasteiger partial charge in [0.05, 0.1) is 25.4 Å². The van der Waals surface area contributed by atoms with E-state index in [-0.39, 0.29) is 5.60 Å². The van der Waals surface area contributed by atoms with Crippen molar-refractivity contribution >= 4 is 5.69 Å². The highest BCUT2D eigenvalue weighted by atomic mass is 16.5. The monoisotopic (exact) mass is 319 g/mol. The fraction of sp³-hybridized carbons (Fsp3) is 0.667. The third-order valence-electron chi connectivity index (χ3n) is 4.43. The van der Waals surface area contributed by atoms with E-state index in [9.17, 15) is 0 Å². The number of anilines is 1. The molecule has 1 aromatic rings. The molecule has 0 bridgehead atoms. The number of benzene rings is 1. The van der Waals surface area contributed by atoms with E-state index in [0.29, 0.717) is 0 Å². The summed E-state index contributed by atoms with van der Waals surface area (Å²) in [6.07, 6.45) is 1.04. The number of hydrogen-bond acceptors (Lipinski definition) is 5. The van der Waals surface area contributed by atoms with E-state index < -0.39 is 0 Å². The average molecular weight is 319 g/mol. The lowest BCUT2D eigenvalue weighted by Gasteiger charge is -2.33. The number of fused-ring (bicyclic) bond motifs is 1. The predicted octanol–water partition coefficient (Wildman–Crippen LogP) is 1.73. The second kappa shape index (κ2) is 7.51. The van der Waals surface area contributed by atoms with E-state index in [1.807, 2.05) is 0 Å². The Hall–Kier alpha value is -1.30. The van der Waals surface area contributed by atoms with Crippen LogP contribution in [0, 0.1) is 0 Å². The molecule has 2 N–H and O–H groups in total. The van der Waals surface area contributed by atoms with Gasteiger partial charge < -0.3 is 20.1 Å². The summed E-state index contributed by atoms with van der Waals surface area (Å²) in [5.41, 5.74) is 2.34. The van der Waals surface area contributed by atoms with Crippen molar-refractivity contribution in [3.8, 4) is 5.75 Å². The van der Waals surface area contributed by atoms with Gasteiger partial charge in [-0.15, -0.1) is 0 Å². The highest BCUT2D eigenvalue weighted by Gasteiger charge is 2.26. The third-order valence-corrected chi connectivity index (χ3v) is 4.43. The maximum absolute atomic E-state index is 5.99. The number of nitrogens with one attached hydrogen (secondary N) is 2. The minimum absolute atomic E-state index is 0.129. The molecule has 0 aromatic heterocycles. The van der Waals surface area contributed by atoms with Crippen molar-refractivity contribution in [3.05, 3.63) is 23.8 Å². The number of ether oxygens (including phenoxy) is 2. The van der Waals surface area contributed by atoms with E-state index in [4.69, 9.17) is 9.47 Å². The average Bonchev–Trinajstić information content (AvgIpc) is 2.55. The van der Waals surface area contributed by atoms with Gasteiger partial charge in [-0.2, -0.15) is 0 Å². The predicted molar refractivity (Wildman–Crippen MR) is 93.5 cm³/mol. The summed E-state index contributed by atoms with van der Waals surface area (Å²) < 4.78 is 11.4. The van der Waals surface area contributed by atoms with Crippen LogP contribution in [0.3, 0.4) is 0 Å². The summed E-state index contributed by atoms with van der Waals surface area (Å²) in [5.74, 6) is 0.963. The summed E-state index contributed by atoms with van der Waals surface area (Å²) in [5, 5.41) is 7.01. The minimum atomic E-state index is -0.129. The minimum Gasteiger partial charge on any atom is -0.484 e. The van der Waals surface area contributed by atoms with Gasteiger partial charge in [0.2, 0.25) is 0 Å². The van der Waals surface area contributed by atoms with Crippen LogP contribution in [0.1, 0.15) is 19.4 Å². The molecule has 0 aliphatic carbocycles. The maximum atomic E-state index is 5.99. The molecule has 128 valence electrons. The fourth-order valence-corrected chi connectivity index (χ4v) is 3.02. The van der Waals surface area contributed by atoms with Gasteiger partial charge in [-0.3, -0.25) is 4.90 Å². The first kappa shape index (κ1) is 16.6. The van der Waals surface area contributed by atoms with Crippen molar-refractivity contribution in [1.29, 1.82) is 0 Å². The molecule has 3 rings (SSSR count). The summed E-state index contributed by atoms with van der Waals surface area (Å²) in [7, 11) is 0. The van der Waals surface area contributed by atoms with Crippen LogP contribution in [-0.4, -0.2) is 63.0 Å². The van der Waals surface area contributed by atoms with Crippen LogP contribution >= 0.6 is 0 Å². The highest BCUT2D eigenvalue weighted by molar-refractivity contribution is 5.60. The molecule has 0 unspecified atom stereocenters. The zero-order chi connectivity index (χ0) is 16.1. The normalized spacial score (nSPS) is 20.4. The van der Waals surface area contributed by atoms with Crippen molar-refractivity contribution in [2.75, 3.05) is 57.8 Å². The lowest BCUT2D eigenvalue weighted by atomic mass is 10.0. The molecule has 0 atom stereocenters. The van der Waals surface area contributed by atoms with Crippen molar-refractivity contribution in [2.45, 2.75) is 25.9 Å². The Morgan fingerprint density at radius 2 is 2.04 bits per heavy atom. The van der Waals surface area contributed by atoms with Crippen LogP contribution in [0.4, 0.5) is 5.69 Å². The van der Waals surface area contributed by atoms with Crippen LogP contribution < -0.4 is 15.4 Å². The lowest BCUT2D eigenvalue weighted by Crippen LogP contribution is -2.40. The third kappa shape index (κ3) is 4.83. The van der Waals surface area contributed by atoms with E-state index >= 15 is 0 Å². The maximum Gasteiger partial charge on any atom is 0.143 e. The second-order valence-electron chi connectivity index (χ2n) is 7.00. The molecule has 2 heterocycles. The molecular formula is C18H29N3O2. The van der Waals surface area contributed by atoms with Crippen LogP contribution in [-0.2, 0) is 11.2 Å². The molecule has 5 nitrogen and oxygen atoms in total. The lowest BCUT2D eigenvalue weighted by molar-refractivity contribution is 0.0385. The molecule has 1 aromatic carbocycles. The van der Waals surface area contributed by atoms with Gasteiger partial charge in [0.1, 0.15) is 11.4 Å². The first-order chi connectivity index (χ1) is 11.1. The van der Waals surface area contributed by atoms with Crippen molar-refractivity contribution in [3.63, 3.8) is 0 Å². The van der Waals surface area contributed by atoms with Gasteiger partial charge in [-0.25, -0.2) is 0 Å². The second-order valence-corrected chi connectivity index (χ2v) is 7.00. The number of hydrogen-bond donors (Lipinski definition) is 2. The number of morpholine rings is 1. The quantitative estimate of drug-likeness (QED) is 0.782. The molecule has 0 amide bonds. The van der Waals surface area contributed by atoms with E-state index in [1.165, 1.54) is 5.56 Å². The topological polar surface area (TPSA) is 45.8 Å². The van der Waals surface area contributed by atoms with Crippen LogP contribution in [0.2, 0.25) is 0 Å².